The highest BCUT2D eigenvalue weighted by atomic mass is 19.4. The first-order valence-corrected chi connectivity index (χ1v) is 6.53. The van der Waals surface area contributed by atoms with Crippen molar-refractivity contribution in [1.82, 2.24) is 10.2 Å². The van der Waals surface area contributed by atoms with Gasteiger partial charge in [-0.2, -0.15) is 22.0 Å². The molecule has 20 heavy (non-hydrogen) atoms. The lowest BCUT2D eigenvalue weighted by Crippen LogP contribution is -2.55. The van der Waals surface area contributed by atoms with Gasteiger partial charge in [0.1, 0.15) is 0 Å². The maximum absolute atomic E-state index is 13.2. The zero-order valence-electron chi connectivity index (χ0n) is 11.4. The summed E-state index contributed by atoms with van der Waals surface area (Å²) < 4.78 is 63.1. The van der Waals surface area contributed by atoms with Crippen LogP contribution in [0.1, 0.15) is 26.7 Å². The molecule has 0 saturated carbocycles. The number of carbonyl (C=O) groups is 1. The molecule has 1 saturated heterocycles. The van der Waals surface area contributed by atoms with Crippen LogP contribution < -0.4 is 5.32 Å². The van der Waals surface area contributed by atoms with Crippen LogP contribution in [0, 0.1) is 5.92 Å². The Morgan fingerprint density at radius 2 is 1.90 bits per heavy atom. The van der Waals surface area contributed by atoms with Crippen molar-refractivity contribution in [1.29, 1.82) is 0 Å². The topological polar surface area (TPSA) is 32.3 Å². The number of nitrogens with one attached hydrogen (secondary N) is 1. The maximum atomic E-state index is 13.2. The molecular formula is C12H19F5N2O. The second kappa shape index (κ2) is 6.24. The minimum absolute atomic E-state index is 0.0881. The Kier molecular flexibility index (Phi) is 5.34. The average Bonchev–Trinajstić information content (AvgIpc) is 2.34. The SMILES string of the molecule is CC(C)N(CC1CCCNC1)C(=O)C(F)(F)C(F)(F)F. The number of hydrogen-bond donors (Lipinski definition) is 1. The lowest BCUT2D eigenvalue weighted by molar-refractivity contribution is -0.275. The number of nitrogens with zero attached hydrogens (tertiary/aromatic N) is 1. The molecule has 1 fully saturated rings. The Balaban J connectivity index is 2.82. The normalized spacial score (nSPS) is 21.1. The number of carbonyl (C=O) groups excluding carboxylic acids is 1. The Labute approximate surface area is 114 Å². The Morgan fingerprint density at radius 3 is 2.30 bits per heavy atom. The molecule has 0 aromatic heterocycles. The molecule has 1 aliphatic heterocycles. The molecule has 1 rings (SSSR count). The first-order valence-electron chi connectivity index (χ1n) is 6.53. The number of alkyl halides is 5. The summed E-state index contributed by atoms with van der Waals surface area (Å²) in [5, 5.41) is 3.04. The molecule has 1 N–H and O–H groups in total. The zero-order chi connectivity index (χ0) is 15.6. The molecule has 0 spiro atoms. The fourth-order valence-electron chi connectivity index (χ4n) is 2.19. The van der Waals surface area contributed by atoms with Crippen molar-refractivity contribution in [3.05, 3.63) is 0 Å². The smallest absolute Gasteiger partial charge is 0.334 e. The molecule has 3 nitrogen and oxygen atoms in total. The van der Waals surface area contributed by atoms with Gasteiger partial charge in [0.25, 0.3) is 0 Å². The van der Waals surface area contributed by atoms with Gasteiger partial charge >= 0.3 is 18.0 Å². The molecule has 0 radical (unpaired) electrons. The quantitative estimate of drug-likeness (QED) is 0.809. The first-order chi connectivity index (χ1) is 9.07. The van der Waals surface area contributed by atoms with Gasteiger partial charge in [0.15, 0.2) is 0 Å². The van der Waals surface area contributed by atoms with Crippen molar-refractivity contribution in [3.8, 4) is 0 Å². The number of amides is 1. The lowest BCUT2D eigenvalue weighted by atomic mass is 9.98. The van der Waals surface area contributed by atoms with E-state index in [4.69, 9.17) is 0 Å². The predicted octanol–water partition coefficient (Wildman–Crippen LogP) is 2.42. The minimum atomic E-state index is -5.86. The van der Waals surface area contributed by atoms with Crippen molar-refractivity contribution in [2.75, 3.05) is 19.6 Å². The van der Waals surface area contributed by atoms with E-state index in [0.29, 0.717) is 17.9 Å². The van der Waals surface area contributed by atoms with Crippen molar-refractivity contribution in [2.45, 2.75) is 44.8 Å². The summed E-state index contributed by atoms with van der Waals surface area (Å²) in [6.45, 7) is 4.09. The summed E-state index contributed by atoms with van der Waals surface area (Å²) in [5.41, 5.74) is 0. The molecule has 0 aliphatic carbocycles. The average molecular weight is 302 g/mol. The molecule has 1 amide bonds. The van der Waals surface area contributed by atoms with Gasteiger partial charge in [0, 0.05) is 12.6 Å². The van der Waals surface area contributed by atoms with Crippen molar-refractivity contribution >= 4 is 5.91 Å². The third-order valence-electron chi connectivity index (χ3n) is 3.36. The molecule has 0 bridgehead atoms. The second-order valence-corrected chi connectivity index (χ2v) is 5.34. The van der Waals surface area contributed by atoms with Crippen LogP contribution in [0.2, 0.25) is 0 Å². The first kappa shape index (κ1) is 17.1. The summed E-state index contributed by atoms with van der Waals surface area (Å²) in [7, 11) is 0. The lowest BCUT2D eigenvalue weighted by Gasteiger charge is -2.35. The summed E-state index contributed by atoms with van der Waals surface area (Å²) >= 11 is 0. The molecular weight excluding hydrogens is 283 g/mol. The fourth-order valence-corrected chi connectivity index (χ4v) is 2.19. The third-order valence-corrected chi connectivity index (χ3v) is 3.36. The van der Waals surface area contributed by atoms with E-state index in [0.717, 1.165) is 13.0 Å². The van der Waals surface area contributed by atoms with Gasteiger partial charge in [-0.1, -0.05) is 0 Å². The summed E-state index contributed by atoms with van der Waals surface area (Å²) in [6.07, 6.45) is -4.33. The van der Waals surface area contributed by atoms with E-state index in [1.165, 1.54) is 13.8 Å². The predicted molar refractivity (Wildman–Crippen MR) is 63.4 cm³/mol. The number of piperidine rings is 1. The zero-order valence-corrected chi connectivity index (χ0v) is 11.4. The number of hydrogen-bond acceptors (Lipinski definition) is 2. The summed E-state index contributed by atoms with van der Waals surface area (Å²) in [4.78, 5) is 12.2. The van der Waals surface area contributed by atoms with E-state index in [2.05, 4.69) is 5.32 Å². The van der Waals surface area contributed by atoms with Gasteiger partial charge in [0.05, 0.1) is 0 Å². The van der Waals surface area contributed by atoms with Crippen LogP contribution in [-0.2, 0) is 4.79 Å². The van der Waals surface area contributed by atoms with Gasteiger partial charge in [-0.05, 0) is 45.7 Å². The van der Waals surface area contributed by atoms with E-state index in [1.807, 2.05) is 0 Å². The molecule has 1 atom stereocenters. The van der Waals surface area contributed by atoms with Gasteiger partial charge in [-0.15, -0.1) is 0 Å². The van der Waals surface area contributed by atoms with Crippen LogP contribution in [0.3, 0.4) is 0 Å². The van der Waals surface area contributed by atoms with Crippen LogP contribution in [0.5, 0.6) is 0 Å². The Morgan fingerprint density at radius 1 is 1.30 bits per heavy atom. The Hall–Kier alpha value is -0.920. The second-order valence-electron chi connectivity index (χ2n) is 5.34. The molecule has 1 heterocycles. The van der Waals surface area contributed by atoms with Crippen LogP contribution in [0.25, 0.3) is 0 Å². The van der Waals surface area contributed by atoms with Crippen LogP contribution in [0.15, 0.2) is 0 Å². The van der Waals surface area contributed by atoms with Crippen LogP contribution in [0.4, 0.5) is 22.0 Å². The molecule has 1 aliphatic rings. The van der Waals surface area contributed by atoms with Gasteiger partial charge in [0.2, 0.25) is 0 Å². The van der Waals surface area contributed by atoms with Crippen molar-refractivity contribution in [2.24, 2.45) is 5.92 Å². The van der Waals surface area contributed by atoms with E-state index >= 15 is 0 Å². The van der Waals surface area contributed by atoms with Gasteiger partial charge in [-0.3, -0.25) is 4.79 Å². The van der Waals surface area contributed by atoms with E-state index in [-0.39, 0.29) is 12.5 Å². The van der Waals surface area contributed by atoms with Gasteiger partial charge in [-0.25, -0.2) is 0 Å². The molecule has 0 aromatic carbocycles. The molecule has 0 aromatic rings. The highest BCUT2D eigenvalue weighted by Gasteiger charge is 2.64. The van der Waals surface area contributed by atoms with Crippen LogP contribution in [-0.4, -0.2) is 48.6 Å². The Bertz CT molecular complexity index is 337. The third kappa shape index (κ3) is 3.80. The van der Waals surface area contributed by atoms with E-state index in [1.54, 1.807) is 0 Å². The summed E-state index contributed by atoms with van der Waals surface area (Å²) in [6, 6.07) is -0.711. The van der Waals surface area contributed by atoms with Crippen molar-refractivity contribution < 1.29 is 26.7 Å². The minimum Gasteiger partial charge on any atom is -0.334 e. The summed E-state index contributed by atoms with van der Waals surface area (Å²) in [5.74, 6) is -7.59. The van der Waals surface area contributed by atoms with Gasteiger partial charge < -0.3 is 10.2 Å². The molecule has 1 unspecified atom stereocenters. The van der Waals surface area contributed by atoms with Crippen LogP contribution >= 0.6 is 0 Å². The highest BCUT2D eigenvalue weighted by Crippen LogP contribution is 2.37. The maximum Gasteiger partial charge on any atom is 0.463 e. The van der Waals surface area contributed by atoms with Crippen molar-refractivity contribution in [3.63, 3.8) is 0 Å². The fraction of sp³-hybridized carbons (Fsp3) is 0.917. The van der Waals surface area contributed by atoms with E-state index in [9.17, 15) is 26.7 Å². The molecule has 118 valence electrons. The standard InChI is InChI=1S/C12H19F5N2O/c1-8(2)19(7-9-4-3-5-18-6-9)10(20)11(13,14)12(15,16)17/h8-9,18H,3-7H2,1-2H3. The molecule has 8 heteroatoms. The highest BCUT2D eigenvalue weighted by molar-refractivity contribution is 5.84. The largest absolute Gasteiger partial charge is 0.463 e. The number of rotatable bonds is 4. The van der Waals surface area contributed by atoms with E-state index < -0.39 is 24.0 Å². The monoisotopic (exact) mass is 302 g/mol. The number of halogens is 5.